The molecule has 1 aromatic rings. The number of aliphatic hydroxyl groups is 2. The predicted octanol–water partition coefficient (Wildman–Crippen LogP) is 5.27. The lowest BCUT2D eigenvalue weighted by Crippen LogP contribution is -2.65. The Balaban J connectivity index is 1.34. The molecule has 2 N–H and O–H groups in total. The molecule has 0 spiro atoms. The number of esters is 1. The summed E-state index contributed by atoms with van der Waals surface area (Å²) < 4.78 is 29.9. The van der Waals surface area contributed by atoms with Crippen molar-refractivity contribution in [3.05, 3.63) is 53.9 Å². The van der Waals surface area contributed by atoms with Crippen LogP contribution in [0.3, 0.4) is 0 Å². The number of allylic oxidation sites excluding steroid dienone is 6. The fourth-order valence-corrected chi connectivity index (χ4v) is 11.5. The van der Waals surface area contributed by atoms with Crippen LogP contribution in [0.2, 0.25) is 0 Å². The first-order valence-electron chi connectivity index (χ1n) is 24.6. The highest BCUT2D eigenvalue weighted by Crippen LogP contribution is 2.46. The summed E-state index contributed by atoms with van der Waals surface area (Å²) >= 11 is 0. The number of tetrazole rings is 1. The maximum Gasteiger partial charge on any atom is 0.329 e. The van der Waals surface area contributed by atoms with Gasteiger partial charge in [-0.1, -0.05) is 64.2 Å². The van der Waals surface area contributed by atoms with Crippen LogP contribution in [0.15, 0.2) is 53.9 Å². The molecule has 17 heteroatoms. The molecular formula is C51H75N5O12. The van der Waals surface area contributed by atoms with Crippen molar-refractivity contribution >= 4 is 29.2 Å². The second-order valence-corrected chi connectivity index (χ2v) is 20.3. The summed E-state index contributed by atoms with van der Waals surface area (Å²) in [5.41, 5.74) is 1.28. The van der Waals surface area contributed by atoms with E-state index in [9.17, 15) is 34.2 Å². The van der Waals surface area contributed by atoms with E-state index in [1.54, 1.807) is 45.9 Å². The largest absolute Gasteiger partial charge is 0.460 e. The number of nitrogens with zero attached hydrogens (tertiary/aromatic N) is 5. The minimum Gasteiger partial charge on any atom is -0.460 e. The molecule has 5 aliphatic rings. The SMILES string of the molecule is CO[C@H]1C[C@@H]2CC[C@@H](C)[C@@](O)(O2)C(=O)C(=O)N2CCCC3[C@H]2C(=O)O[C@@H](CC(=O)[C@H](C)/C=C(\C)[C@@H](O)[C@@H](OC)C(=O)[C@H](C)C[C@H](C)/C=C/C=C/C=C1C)[C@H]3C[C@@H]1CC[C@@H](n2ncnn2)[C@H](OC)C1. The standard InChI is InChI=1S/C51H75N5O12/c1-29-14-11-10-12-15-30(2)41(64-7)26-36-19-17-34(6)51(63,68-36)48(60)49(61)55-21-13-16-37-38(24-35-18-20-39(43(25-35)65-8)56-53-28-52-54-56)42(67-50(62)44(37)55)27-40(57)31(3)23-33(5)46(59)47(66-9)45(58)32(4)22-29/h10-12,14-15,23,28-29,31-32,34-39,41-44,46-47,59,63H,13,16-22,24-27H2,1-9H3/b12-10+,14-11+,30-15?,33-23+/t29-,31-,32-,34-,35+,36+,37?,38+,39-,41+,42+,43-,44+,46-,47+,51-/m1/s1. The van der Waals surface area contributed by atoms with E-state index in [4.69, 9.17) is 23.7 Å². The quantitative estimate of drug-likeness (QED) is 0.211. The molecule has 1 aliphatic carbocycles. The highest BCUT2D eigenvalue weighted by molar-refractivity contribution is 6.39. The van der Waals surface area contributed by atoms with Gasteiger partial charge in [-0.2, -0.15) is 4.80 Å². The molecule has 376 valence electrons. The van der Waals surface area contributed by atoms with Gasteiger partial charge in [0, 0.05) is 64.4 Å². The summed E-state index contributed by atoms with van der Waals surface area (Å²) in [6.07, 6.45) is 13.3. The molecule has 68 heavy (non-hydrogen) atoms. The number of piperidine rings is 1. The number of amides is 1. The summed E-state index contributed by atoms with van der Waals surface area (Å²) in [5, 5.41) is 35.9. The number of ether oxygens (including phenoxy) is 5. The average molecular weight is 950 g/mol. The molecular weight excluding hydrogens is 875 g/mol. The van der Waals surface area contributed by atoms with E-state index in [1.165, 1.54) is 18.3 Å². The lowest BCUT2D eigenvalue weighted by Gasteiger charge is -2.50. The first kappa shape index (κ1) is 53.1. The van der Waals surface area contributed by atoms with Gasteiger partial charge in [0.25, 0.3) is 11.7 Å². The van der Waals surface area contributed by atoms with Crippen LogP contribution in [0.5, 0.6) is 0 Å². The fourth-order valence-electron chi connectivity index (χ4n) is 11.5. The molecule has 0 aromatic carbocycles. The molecule has 6 bridgehead atoms. The third-order valence-electron chi connectivity index (χ3n) is 15.6. The normalized spacial score (nSPS) is 40.5. The molecule has 1 aromatic heterocycles. The first-order valence-corrected chi connectivity index (χ1v) is 24.6. The smallest absolute Gasteiger partial charge is 0.329 e. The summed E-state index contributed by atoms with van der Waals surface area (Å²) in [4.78, 5) is 74.2. The van der Waals surface area contributed by atoms with Gasteiger partial charge >= 0.3 is 5.97 Å². The van der Waals surface area contributed by atoms with Crippen molar-refractivity contribution in [1.82, 2.24) is 25.1 Å². The highest BCUT2D eigenvalue weighted by atomic mass is 16.6. The number of methoxy groups -OCH3 is 3. The van der Waals surface area contributed by atoms with Crippen LogP contribution in [0, 0.1) is 41.4 Å². The number of ketones is 3. The van der Waals surface area contributed by atoms with Crippen LogP contribution in [-0.2, 0) is 47.7 Å². The molecule has 4 aliphatic heterocycles. The maximum absolute atomic E-state index is 14.6. The zero-order chi connectivity index (χ0) is 49.4. The Labute approximate surface area is 401 Å². The molecule has 3 saturated heterocycles. The van der Waals surface area contributed by atoms with E-state index in [1.807, 2.05) is 51.2 Å². The van der Waals surface area contributed by atoms with Crippen LogP contribution < -0.4 is 0 Å². The van der Waals surface area contributed by atoms with E-state index < -0.39 is 89.6 Å². The maximum atomic E-state index is 14.6. The molecule has 17 nitrogen and oxygen atoms in total. The van der Waals surface area contributed by atoms with Crippen molar-refractivity contribution in [2.24, 2.45) is 41.4 Å². The summed E-state index contributed by atoms with van der Waals surface area (Å²) in [5.74, 6) is -8.41. The predicted molar refractivity (Wildman–Crippen MR) is 249 cm³/mol. The lowest BCUT2D eigenvalue weighted by atomic mass is 9.67. The Hall–Kier alpha value is -4.26. The first-order chi connectivity index (χ1) is 32.4. The Morgan fingerprint density at radius 2 is 1.65 bits per heavy atom. The molecule has 4 fully saturated rings. The zero-order valence-electron chi connectivity index (χ0n) is 41.4. The van der Waals surface area contributed by atoms with Gasteiger partial charge in [-0.05, 0) is 106 Å². The van der Waals surface area contributed by atoms with Gasteiger partial charge in [0.05, 0.1) is 24.4 Å². The molecule has 1 unspecified atom stereocenters. The van der Waals surface area contributed by atoms with Gasteiger partial charge in [-0.15, -0.1) is 10.2 Å². The molecule has 5 heterocycles. The molecule has 16 atom stereocenters. The van der Waals surface area contributed by atoms with Gasteiger partial charge in [0.2, 0.25) is 5.79 Å². The molecule has 1 amide bonds. The van der Waals surface area contributed by atoms with Crippen LogP contribution >= 0.6 is 0 Å². The molecule has 1 saturated carbocycles. The monoisotopic (exact) mass is 950 g/mol. The Bertz CT molecular complexity index is 2050. The van der Waals surface area contributed by atoms with E-state index in [0.717, 1.165) is 12.0 Å². The number of carbonyl (C=O) groups excluding carboxylic acids is 5. The van der Waals surface area contributed by atoms with Crippen LogP contribution in [0.4, 0.5) is 0 Å². The van der Waals surface area contributed by atoms with E-state index in [2.05, 4.69) is 15.4 Å². The number of Topliss-reactive ketones (excluding diaryl/α,β-unsaturated/α-hetero) is 3. The second kappa shape index (κ2) is 23.6. The number of hydrogen-bond acceptors (Lipinski definition) is 15. The van der Waals surface area contributed by atoms with Crippen molar-refractivity contribution in [2.45, 2.75) is 167 Å². The molecule has 6 rings (SSSR count). The van der Waals surface area contributed by atoms with Crippen molar-refractivity contribution in [3.63, 3.8) is 0 Å². The summed E-state index contributed by atoms with van der Waals surface area (Å²) in [6, 6.07) is -1.26. The van der Waals surface area contributed by atoms with Crippen LogP contribution in [0.25, 0.3) is 0 Å². The number of aliphatic hydroxyl groups excluding tert-OH is 1. The summed E-state index contributed by atoms with van der Waals surface area (Å²) in [6.45, 7) is 10.9. The van der Waals surface area contributed by atoms with Crippen molar-refractivity contribution < 1.29 is 57.9 Å². The van der Waals surface area contributed by atoms with Gasteiger partial charge in [0.1, 0.15) is 30.1 Å². The van der Waals surface area contributed by atoms with Crippen molar-refractivity contribution in [1.29, 1.82) is 0 Å². The van der Waals surface area contributed by atoms with E-state index in [-0.39, 0.29) is 48.5 Å². The van der Waals surface area contributed by atoms with Gasteiger partial charge in [-0.3, -0.25) is 19.2 Å². The number of fused-ring (bicyclic) bond motifs is 3. The van der Waals surface area contributed by atoms with E-state index >= 15 is 0 Å². The number of carbonyl (C=O) groups is 5. The zero-order valence-corrected chi connectivity index (χ0v) is 41.4. The number of hydrogen-bond donors (Lipinski definition) is 2. The topological polar surface area (TPSA) is 219 Å². The minimum absolute atomic E-state index is 0.0206. The van der Waals surface area contributed by atoms with Gasteiger partial charge in [0.15, 0.2) is 12.1 Å². The van der Waals surface area contributed by atoms with Crippen LogP contribution in [0.1, 0.15) is 118 Å². The average Bonchev–Trinajstić information content (AvgIpc) is 3.87. The number of rotatable bonds is 6. The van der Waals surface area contributed by atoms with Gasteiger partial charge < -0.3 is 38.8 Å². The lowest BCUT2D eigenvalue weighted by molar-refractivity contribution is -0.266. The van der Waals surface area contributed by atoms with Gasteiger partial charge in [-0.25, -0.2) is 4.79 Å². The third kappa shape index (κ3) is 12.0. The van der Waals surface area contributed by atoms with Crippen LogP contribution in [-0.4, -0.2) is 141 Å². The van der Waals surface area contributed by atoms with E-state index in [0.29, 0.717) is 63.4 Å². The fraction of sp³-hybridized carbons (Fsp3) is 0.725. The minimum atomic E-state index is -2.44. The third-order valence-corrected chi connectivity index (χ3v) is 15.6. The van der Waals surface area contributed by atoms with Crippen molar-refractivity contribution in [2.75, 3.05) is 27.9 Å². The number of aromatic nitrogens is 4. The second-order valence-electron chi connectivity index (χ2n) is 20.3. The highest BCUT2D eigenvalue weighted by Gasteiger charge is 2.57. The Morgan fingerprint density at radius 3 is 2.34 bits per heavy atom. The molecule has 0 radical (unpaired) electrons. The Morgan fingerprint density at radius 1 is 0.882 bits per heavy atom. The van der Waals surface area contributed by atoms with Crippen molar-refractivity contribution in [3.8, 4) is 0 Å². The Kier molecular flexibility index (Phi) is 18.4. The summed E-state index contributed by atoms with van der Waals surface area (Å²) in [7, 11) is 4.62.